The summed E-state index contributed by atoms with van der Waals surface area (Å²) in [5.74, 6) is 0. The van der Waals surface area contributed by atoms with Crippen molar-refractivity contribution in [3.05, 3.63) is 0 Å². The maximum atomic E-state index is 10.2. The monoisotopic (exact) mass is 398 g/mol. The van der Waals surface area contributed by atoms with Gasteiger partial charge in [-0.3, -0.25) is 0 Å². The predicted molar refractivity (Wildman–Crippen MR) is 80.2 cm³/mol. The average Bonchev–Trinajstić information content (AvgIpc) is 2.80. The SMILES string of the molecule is CCC[CH2][Sn]([CH2]CCC)[O][C@H]1[C@@H]2OC[C@H](C[C@@H]1O)O2.[OH3+]. The second kappa shape index (κ2) is 9.58. The molecule has 4 atom stereocenters. The molecule has 4 N–H and O–H groups in total. The van der Waals surface area contributed by atoms with Gasteiger partial charge in [-0.25, -0.2) is 0 Å². The van der Waals surface area contributed by atoms with Crippen molar-refractivity contribution in [2.75, 3.05) is 6.61 Å². The minimum Gasteiger partial charge on any atom is -0.457 e. The van der Waals surface area contributed by atoms with E-state index in [0.717, 1.165) is 0 Å². The van der Waals surface area contributed by atoms with Crippen LogP contribution in [-0.2, 0) is 18.0 Å². The van der Waals surface area contributed by atoms with Crippen molar-refractivity contribution in [1.29, 1.82) is 0 Å². The molecular formula is C14H30O5Sn+. The Morgan fingerprint density at radius 1 is 1.20 bits per heavy atom. The minimum absolute atomic E-state index is 0. The number of rotatable bonds is 8. The van der Waals surface area contributed by atoms with Crippen molar-refractivity contribution in [2.45, 2.75) is 79.4 Å². The molecular weight excluding hydrogens is 367 g/mol. The molecule has 2 aliphatic heterocycles. The maximum Gasteiger partial charge on any atom is -0.457 e. The Labute approximate surface area is 129 Å². The third kappa shape index (κ3) is 5.10. The first kappa shape index (κ1) is 18.6. The number of aliphatic hydroxyl groups excluding tert-OH is 1. The molecule has 2 rings (SSSR count). The zero-order chi connectivity index (χ0) is 13.7. The Balaban J connectivity index is 0.00000200. The van der Waals surface area contributed by atoms with Crippen LogP contribution in [-0.4, -0.2) is 56.5 Å². The summed E-state index contributed by atoms with van der Waals surface area (Å²) in [6, 6.07) is 0. The minimum atomic E-state index is -1.84. The van der Waals surface area contributed by atoms with E-state index in [1.807, 2.05) is 0 Å². The number of unbranched alkanes of at least 4 members (excludes halogenated alkanes) is 2. The van der Waals surface area contributed by atoms with Gasteiger partial charge in [0.25, 0.3) is 0 Å². The average molecular weight is 397 g/mol. The van der Waals surface area contributed by atoms with E-state index in [4.69, 9.17) is 12.5 Å². The molecule has 2 saturated heterocycles. The molecule has 0 aromatic carbocycles. The summed E-state index contributed by atoms with van der Waals surface area (Å²) in [5.41, 5.74) is 0. The van der Waals surface area contributed by atoms with Gasteiger partial charge in [-0.15, -0.1) is 0 Å². The van der Waals surface area contributed by atoms with Crippen LogP contribution >= 0.6 is 0 Å². The molecule has 0 aromatic heterocycles. The Morgan fingerprint density at radius 2 is 1.85 bits per heavy atom. The van der Waals surface area contributed by atoms with E-state index in [-0.39, 0.29) is 24.0 Å². The molecule has 0 unspecified atom stereocenters. The number of hydrogen-bond acceptors (Lipinski definition) is 4. The van der Waals surface area contributed by atoms with Crippen molar-refractivity contribution < 1.29 is 23.1 Å². The number of hydrogen-bond donors (Lipinski definition) is 1. The van der Waals surface area contributed by atoms with Crippen LogP contribution < -0.4 is 0 Å². The number of aliphatic hydroxyl groups is 1. The number of fused-ring (bicyclic) bond motifs is 2. The van der Waals surface area contributed by atoms with Gasteiger partial charge in [-0.1, -0.05) is 0 Å². The van der Waals surface area contributed by atoms with Crippen molar-refractivity contribution in [3.63, 3.8) is 0 Å². The maximum absolute atomic E-state index is 10.2. The summed E-state index contributed by atoms with van der Waals surface area (Å²) in [6.45, 7) is 5.07. The van der Waals surface area contributed by atoms with Crippen molar-refractivity contribution in [2.24, 2.45) is 0 Å². The van der Waals surface area contributed by atoms with E-state index in [1.54, 1.807) is 0 Å². The van der Waals surface area contributed by atoms with Gasteiger partial charge in [-0.2, -0.15) is 0 Å². The predicted octanol–water partition coefficient (Wildman–Crippen LogP) is 1.55. The molecule has 5 nitrogen and oxygen atoms in total. The zero-order valence-corrected chi connectivity index (χ0v) is 15.6. The fourth-order valence-corrected chi connectivity index (χ4v) is 10.2. The molecule has 20 heavy (non-hydrogen) atoms. The molecule has 6 heteroatoms. The fourth-order valence-electron chi connectivity index (χ4n) is 2.67. The van der Waals surface area contributed by atoms with E-state index in [1.165, 1.54) is 34.6 Å². The normalized spacial score (nSPS) is 32.4. The second-order valence-electron chi connectivity index (χ2n) is 5.59. The first-order valence-electron chi connectivity index (χ1n) is 7.71. The van der Waals surface area contributed by atoms with Gasteiger partial charge in [0.05, 0.1) is 0 Å². The summed E-state index contributed by atoms with van der Waals surface area (Å²) < 4.78 is 20.2. The van der Waals surface area contributed by atoms with Crippen molar-refractivity contribution in [1.82, 2.24) is 0 Å². The fraction of sp³-hybridized carbons (Fsp3) is 1.00. The van der Waals surface area contributed by atoms with Gasteiger partial charge in [0.2, 0.25) is 0 Å². The van der Waals surface area contributed by atoms with Crippen LogP contribution in [0.5, 0.6) is 0 Å². The molecule has 2 bridgehead atoms. The summed E-state index contributed by atoms with van der Waals surface area (Å²) >= 11 is -1.84. The molecule has 2 heterocycles. The Morgan fingerprint density at radius 3 is 2.45 bits per heavy atom. The molecule has 119 valence electrons. The van der Waals surface area contributed by atoms with E-state index in [0.29, 0.717) is 13.0 Å². The van der Waals surface area contributed by atoms with Crippen LogP contribution in [0.25, 0.3) is 0 Å². The first-order chi connectivity index (χ1) is 9.24. The smallest absolute Gasteiger partial charge is 0.457 e. The Bertz CT molecular complexity index is 258. The van der Waals surface area contributed by atoms with Gasteiger partial charge in [0.1, 0.15) is 0 Å². The van der Waals surface area contributed by atoms with Crippen molar-refractivity contribution in [3.8, 4) is 0 Å². The van der Waals surface area contributed by atoms with Crippen LogP contribution in [0, 0.1) is 0 Å². The first-order valence-corrected chi connectivity index (χ1v) is 12.9. The topological polar surface area (TPSA) is 80.9 Å². The molecule has 2 aliphatic rings. The van der Waals surface area contributed by atoms with Gasteiger partial charge in [0, 0.05) is 0 Å². The largest absolute Gasteiger partial charge is 0.457 e. The molecule has 0 aliphatic carbocycles. The van der Waals surface area contributed by atoms with Crippen LogP contribution in [0.3, 0.4) is 0 Å². The van der Waals surface area contributed by atoms with Crippen LogP contribution in [0.15, 0.2) is 0 Å². The third-order valence-electron chi connectivity index (χ3n) is 3.85. The van der Waals surface area contributed by atoms with Crippen LogP contribution in [0.2, 0.25) is 8.87 Å². The summed E-state index contributed by atoms with van der Waals surface area (Å²) in [4.78, 5) is 0. The molecule has 0 spiro atoms. The number of ether oxygens (including phenoxy) is 2. The Hall–Kier alpha value is 0.599. The van der Waals surface area contributed by atoms with Gasteiger partial charge < -0.3 is 5.48 Å². The molecule has 0 amide bonds. The standard InChI is InChI=1S/C6H9O4.2C4H9.H2O.Sn/c7-4-1-3-2-9-6(10-3)5(4)8;2*1-3-4-2;;/h3-7H,1-2H2;2*1,3-4H2,2H3;1H2;/q-1;;;;+1/p+1/t3-,4-,5+,6+;;;;/m0..../s1. The summed E-state index contributed by atoms with van der Waals surface area (Å²) in [6.07, 6.45) is 4.79. The van der Waals surface area contributed by atoms with Gasteiger partial charge >= 0.3 is 124 Å². The van der Waals surface area contributed by atoms with E-state index >= 15 is 0 Å². The molecule has 2 fully saturated rings. The second-order valence-corrected chi connectivity index (χ2v) is 12.2. The Kier molecular flexibility index (Phi) is 8.93. The van der Waals surface area contributed by atoms with E-state index in [9.17, 15) is 5.11 Å². The third-order valence-corrected chi connectivity index (χ3v) is 10.8. The van der Waals surface area contributed by atoms with Crippen molar-refractivity contribution >= 4 is 20.2 Å². The molecule has 1 radical (unpaired) electrons. The van der Waals surface area contributed by atoms with Gasteiger partial charge in [-0.05, 0) is 0 Å². The molecule has 0 aromatic rings. The molecule has 0 saturated carbocycles. The van der Waals surface area contributed by atoms with Crippen LogP contribution in [0.1, 0.15) is 46.0 Å². The quantitative estimate of drug-likeness (QED) is 0.498. The van der Waals surface area contributed by atoms with E-state index in [2.05, 4.69) is 13.8 Å². The zero-order valence-electron chi connectivity index (χ0n) is 12.7. The summed E-state index contributed by atoms with van der Waals surface area (Å²) in [7, 11) is 0. The van der Waals surface area contributed by atoms with Crippen LogP contribution in [0.4, 0.5) is 0 Å². The van der Waals surface area contributed by atoms with Gasteiger partial charge in [0.15, 0.2) is 0 Å². The summed E-state index contributed by atoms with van der Waals surface area (Å²) in [5, 5.41) is 10.2. The van der Waals surface area contributed by atoms with E-state index < -0.39 is 26.3 Å².